The molecule has 142 valence electrons. The molecule has 0 aliphatic carbocycles. The predicted molar refractivity (Wildman–Crippen MR) is 113 cm³/mol. The number of carbonyl (C=O) groups excluding carboxylic acids is 1. The molecule has 0 bridgehead atoms. The smallest absolute Gasteiger partial charge is 0.227 e. The summed E-state index contributed by atoms with van der Waals surface area (Å²) in [6, 6.07) is 12.5. The van der Waals surface area contributed by atoms with Crippen LogP contribution in [0.4, 0.5) is 11.4 Å². The van der Waals surface area contributed by atoms with Crippen molar-refractivity contribution in [2.45, 2.75) is 19.8 Å². The molecule has 0 saturated carbocycles. The van der Waals surface area contributed by atoms with Crippen molar-refractivity contribution in [2.24, 2.45) is 5.92 Å². The number of carbonyl (C=O) groups is 1. The van der Waals surface area contributed by atoms with Gasteiger partial charge in [0.2, 0.25) is 5.91 Å². The lowest BCUT2D eigenvalue weighted by Gasteiger charge is -2.33. The van der Waals surface area contributed by atoms with Gasteiger partial charge in [0.25, 0.3) is 0 Å². The molecule has 2 aromatic carbocycles. The van der Waals surface area contributed by atoms with Gasteiger partial charge in [-0.05, 0) is 61.8 Å². The van der Waals surface area contributed by atoms with Crippen LogP contribution in [0.2, 0.25) is 5.02 Å². The number of halogens is 1. The van der Waals surface area contributed by atoms with E-state index in [-0.39, 0.29) is 17.6 Å². The van der Waals surface area contributed by atoms with Crippen molar-refractivity contribution in [3.63, 3.8) is 0 Å². The van der Waals surface area contributed by atoms with Crippen LogP contribution in [0.3, 0.4) is 0 Å². The van der Waals surface area contributed by atoms with Crippen LogP contribution in [0.25, 0.3) is 0 Å². The van der Waals surface area contributed by atoms with E-state index in [9.17, 15) is 9.90 Å². The normalized spacial score (nSPS) is 14.7. The van der Waals surface area contributed by atoms with E-state index in [0.29, 0.717) is 41.8 Å². The van der Waals surface area contributed by atoms with Gasteiger partial charge in [-0.25, -0.2) is 0 Å². The molecule has 7 heteroatoms. The van der Waals surface area contributed by atoms with Crippen molar-refractivity contribution in [2.75, 3.05) is 23.7 Å². The molecule has 1 saturated heterocycles. The molecular formula is C20H22ClN3O2S. The number of aryl methyl sites for hydroxylation is 1. The Balaban J connectivity index is 1.52. The number of thiocarbonyl (C=S) groups is 1. The van der Waals surface area contributed by atoms with E-state index >= 15 is 0 Å². The highest BCUT2D eigenvalue weighted by Crippen LogP contribution is 2.25. The van der Waals surface area contributed by atoms with Crippen LogP contribution in [0.15, 0.2) is 42.5 Å². The first kappa shape index (κ1) is 19.5. The number of hydrogen-bond acceptors (Lipinski definition) is 3. The number of benzene rings is 2. The van der Waals surface area contributed by atoms with E-state index in [2.05, 4.69) is 15.5 Å². The maximum absolute atomic E-state index is 12.5. The highest BCUT2D eigenvalue weighted by molar-refractivity contribution is 7.80. The van der Waals surface area contributed by atoms with Crippen molar-refractivity contribution < 1.29 is 9.90 Å². The number of phenolic OH excluding ortho intramolecular Hbond substituents is 1. The van der Waals surface area contributed by atoms with Gasteiger partial charge in [0.1, 0.15) is 5.75 Å². The summed E-state index contributed by atoms with van der Waals surface area (Å²) in [5, 5.41) is 17.1. The van der Waals surface area contributed by atoms with Crippen molar-refractivity contribution in [3.8, 4) is 5.75 Å². The lowest BCUT2D eigenvalue weighted by Crippen LogP contribution is -2.43. The first-order valence-corrected chi connectivity index (χ1v) is 9.63. The van der Waals surface area contributed by atoms with Gasteiger partial charge >= 0.3 is 0 Å². The summed E-state index contributed by atoms with van der Waals surface area (Å²) in [5.74, 6) is -0.0942. The number of likely N-dealkylation sites (tertiary alicyclic amines) is 1. The average Bonchev–Trinajstić information content (AvgIpc) is 2.66. The van der Waals surface area contributed by atoms with E-state index in [4.69, 9.17) is 23.8 Å². The number of phenols is 1. The summed E-state index contributed by atoms with van der Waals surface area (Å²) in [6.45, 7) is 3.35. The van der Waals surface area contributed by atoms with E-state index in [1.54, 1.807) is 24.3 Å². The van der Waals surface area contributed by atoms with E-state index < -0.39 is 0 Å². The second-order valence-electron chi connectivity index (χ2n) is 6.66. The second kappa shape index (κ2) is 8.59. The number of nitrogens with one attached hydrogen (secondary N) is 2. The minimum Gasteiger partial charge on any atom is -0.506 e. The van der Waals surface area contributed by atoms with E-state index in [0.717, 1.165) is 11.3 Å². The maximum atomic E-state index is 12.5. The number of para-hydroxylation sites is 2. The lowest BCUT2D eigenvalue weighted by molar-refractivity contribution is -0.121. The molecule has 0 aromatic heterocycles. The van der Waals surface area contributed by atoms with Gasteiger partial charge in [-0.1, -0.05) is 29.8 Å². The fourth-order valence-corrected chi connectivity index (χ4v) is 3.51. The summed E-state index contributed by atoms with van der Waals surface area (Å²) in [4.78, 5) is 14.5. The Bertz CT molecular complexity index is 851. The molecule has 0 spiro atoms. The van der Waals surface area contributed by atoms with Crippen LogP contribution >= 0.6 is 23.8 Å². The molecule has 0 unspecified atom stereocenters. The predicted octanol–water partition coefficient (Wildman–Crippen LogP) is 4.40. The molecule has 3 N–H and O–H groups in total. The minimum absolute atomic E-state index is 0.0691. The number of aromatic hydroxyl groups is 1. The summed E-state index contributed by atoms with van der Waals surface area (Å²) in [5.41, 5.74) is 2.32. The van der Waals surface area contributed by atoms with Crippen LogP contribution in [0, 0.1) is 12.8 Å². The molecule has 27 heavy (non-hydrogen) atoms. The molecule has 1 amide bonds. The van der Waals surface area contributed by atoms with Gasteiger partial charge in [0.15, 0.2) is 5.11 Å². The Morgan fingerprint density at radius 1 is 1.19 bits per heavy atom. The molecule has 5 nitrogen and oxygen atoms in total. The number of hydrogen-bond donors (Lipinski definition) is 3. The Morgan fingerprint density at radius 2 is 1.89 bits per heavy atom. The standard InChI is InChI=1S/C20H22ClN3O2S/c1-13-6-7-15(12-16(13)21)22-20(27)24-10-8-14(9-11-24)19(26)23-17-4-2-3-5-18(17)25/h2-7,12,14,25H,8-11H2,1H3,(H,22,27)(H,23,26). The largest absolute Gasteiger partial charge is 0.506 e. The van der Waals surface area contributed by atoms with E-state index in [1.165, 1.54) is 0 Å². The van der Waals surface area contributed by atoms with Crippen molar-refractivity contribution in [3.05, 3.63) is 53.1 Å². The molecule has 0 atom stereocenters. The lowest BCUT2D eigenvalue weighted by atomic mass is 9.96. The first-order chi connectivity index (χ1) is 12.9. The Hall–Kier alpha value is -2.31. The number of rotatable bonds is 3. The summed E-state index contributed by atoms with van der Waals surface area (Å²) < 4.78 is 0. The second-order valence-corrected chi connectivity index (χ2v) is 7.46. The molecule has 2 aromatic rings. The zero-order valence-corrected chi connectivity index (χ0v) is 16.6. The van der Waals surface area contributed by atoms with Gasteiger partial charge in [-0.3, -0.25) is 4.79 Å². The summed E-state index contributed by atoms with van der Waals surface area (Å²) in [6.07, 6.45) is 1.41. The molecule has 1 aliphatic heterocycles. The van der Waals surface area contributed by atoms with Gasteiger partial charge < -0.3 is 20.6 Å². The Labute approximate surface area is 169 Å². The summed E-state index contributed by atoms with van der Waals surface area (Å²) in [7, 11) is 0. The summed E-state index contributed by atoms with van der Waals surface area (Å²) >= 11 is 11.7. The molecule has 1 heterocycles. The monoisotopic (exact) mass is 403 g/mol. The third-order valence-corrected chi connectivity index (χ3v) is 5.51. The van der Waals surface area contributed by atoms with Crippen molar-refractivity contribution in [1.29, 1.82) is 0 Å². The zero-order chi connectivity index (χ0) is 19.4. The number of piperidine rings is 1. The Morgan fingerprint density at radius 3 is 2.56 bits per heavy atom. The van der Waals surface area contributed by atoms with Gasteiger partial charge in [-0.2, -0.15) is 0 Å². The van der Waals surface area contributed by atoms with Crippen LogP contribution < -0.4 is 10.6 Å². The Kier molecular flexibility index (Phi) is 6.19. The maximum Gasteiger partial charge on any atom is 0.227 e. The van der Waals surface area contributed by atoms with Gasteiger partial charge in [0.05, 0.1) is 5.69 Å². The number of anilines is 2. The average molecular weight is 404 g/mol. The zero-order valence-electron chi connectivity index (χ0n) is 15.0. The minimum atomic E-state index is -0.0996. The van der Waals surface area contributed by atoms with Crippen LogP contribution in [0.5, 0.6) is 5.75 Å². The quantitative estimate of drug-likeness (QED) is 0.523. The van der Waals surface area contributed by atoms with E-state index in [1.807, 2.05) is 25.1 Å². The van der Waals surface area contributed by atoms with Gasteiger partial charge in [-0.15, -0.1) is 0 Å². The molecule has 1 fully saturated rings. The molecule has 1 aliphatic rings. The van der Waals surface area contributed by atoms with Crippen LogP contribution in [-0.4, -0.2) is 34.1 Å². The third kappa shape index (κ3) is 4.90. The number of nitrogens with zero attached hydrogens (tertiary/aromatic N) is 1. The first-order valence-electron chi connectivity index (χ1n) is 8.85. The molecular weight excluding hydrogens is 382 g/mol. The van der Waals surface area contributed by atoms with Gasteiger partial charge in [0, 0.05) is 29.7 Å². The van der Waals surface area contributed by atoms with Crippen molar-refractivity contribution >= 4 is 46.2 Å². The third-order valence-electron chi connectivity index (χ3n) is 4.74. The molecule has 0 radical (unpaired) electrons. The van der Waals surface area contributed by atoms with Crippen LogP contribution in [-0.2, 0) is 4.79 Å². The van der Waals surface area contributed by atoms with Crippen molar-refractivity contribution in [1.82, 2.24) is 4.90 Å². The fraction of sp³-hybridized carbons (Fsp3) is 0.300. The SMILES string of the molecule is Cc1ccc(NC(=S)N2CCC(C(=O)Nc3ccccc3O)CC2)cc1Cl. The molecule has 3 rings (SSSR count). The topological polar surface area (TPSA) is 64.6 Å². The fourth-order valence-electron chi connectivity index (χ4n) is 3.03. The highest BCUT2D eigenvalue weighted by Gasteiger charge is 2.26. The highest BCUT2D eigenvalue weighted by atomic mass is 35.5. The number of amides is 1. The van der Waals surface area contributed by atoms with Crippen LogP contribution in [0.1, 0.15) is 18.4 Å².